The van der Waals surface area contributed by atoms with Crippen molar-refractivity contribution in [2.24, 2.45) is 0 Å². The topological polar surface area (TPSA) is 56.8 Å². The Bertz CT molecular complexity index is 905. The number of hydrogen-bond acceptors (Lipinski definition) is 4. The van der Waals surface area contributed by atoms with Gasteiger partial charge in [0.15, 0.2) is 0 Å². The fraction of sp³-hybridized carbons (Fsp3) is 0.348. The highest BCUT2D eigenvalue weighted by Crippen LogP contribution is 2.36. The van der Waals surface area contributed by atoms with Crippen LogP contribution in [0, 0.1) is 0 Å². The monoisotopic (exact) mass is 379 g/mol. The Morgan fingerprint density at radius 2 is 2.14 bits per heavy atom. The molecule has 2 aliphatic heterocycles. The zero-order valence-corrected chi connectivity index (χ0v) is 16.2. The van der Waals surface area contributed by atoms with Crippen LogP contribution in [-0.4, -0.2) is 25.2 Å². The van der Waals surface area contributed by atoms with Crippen molar-refractivity contribution in [3.05, 3.63) is 59.2 Å². The van der Waals surface area contributed by atoms with Crippen LogP contribution in [0.1, 0.15) is 43.0 Å². The second-order valence-electron chi connectivity index (χ2n) is 7.13. The standard InChI is InChI=1S/C23H25NO4/c1-3-26-21-14-17-12-15(2)28-22(17)13-16(21)8-9-23(25)24-19-10-11-27-20-7-5-4-6-18(19)20/h4-9,13-15,19H,3,10-12H2,1-2H3,(H,24,25)/b9-8+/t15-,19+/m1/s1. The van der Waals surface area contributed by atoms with Crippen LogP contribution in [0.15, 0.2) is 42.5 Å². The molecule has 2 aliphatic rings. The first-order chi connectivity index (χ1) is 13.6. The highest BCUT2D eigenvalue weighted by Gasteiger charge is 2.23. The molecular formula is C23H25NO4. The predicted octanol–water partition coefficient (Wildman–Crippen LogP) is 4.06. The lowest BCUT2D eigenvalue weighted by Gasteiger charge is -2.26. The molecule has 2 atom stereocenters. The minimum atomic E-state index is -0.140. The minimum absolute atomic E-state index is 0.0438. The van der Waals surface area contributed by atoms with Gasteiger partial charge in [-0.3, -0.25) is 4.79 Å². The Morgan fingerprint density at radius 3 is 3.00 bits per heavy atom. The van der Waals surface area contributed by atoms with Gasteiger partial charge in [-0.1, -0.05) is 18.2 Å². The van der Waals surface area contributed by atoms with Crippen molar-refractivity contribution in [1.82, 2.24) is 5.32 Å². The number of hydrogen-bond donors (Lipinski definition) is 1. The van der Waals surface area contributed by atoms with Crippen LogP contribution in [0.4, 0.5) is 0 Å². The Labute approximate surface area is 165 Å². The smallest absolute Gasteiger partial charge is 0.244 e. The van der Waals surface area contributed by atoms with E-state index in [0.29, 0.717) is 13.2 Å². The summed E-state index contributed by atoms with van der Waals surface area (Å²) in [6, 6.07) is 11.8. The van der Waals surface area contributed by atoms with Crippen molar-refractivity contribution in [1.29, 1.82) is 0 Å². The molecular weight excluding hydrogens is 354 g/mol. The van der Waals surface area contributed by atoms with Crippen molar-refractivity contribution < 1.29 is 19.0 Å². The predicted molar refractivity (Wildman–Crippen MR) is 108 cm³/mol. The number of carbonyl (C=O) groups excluding carboxylic acids is 1. The van der Waals surface area contributed by atoms with Crippen LogP contribution in [0.5, 0.6) is 17.2 Å². The Kier molecular flexibility index (Phi) is 5.24. The summed E-state index contributed by atoms with van der Waals surface area (Å²) in [6.45, 7) is 5.17. The van der Waals surface area contributed by atoms with E-state index in [1.54, 1.807) is 12.2 Å². The number of para-hydroxylation sites is 1. The van der Waals surface area contributed by atoms with Crippen LogP contribution in [0.3, 0.4) is 0 Å². The van der Waals surface area contributed by atoms with Crippen molar-refractivity contribution in [2.45, 2.75) is 38.8 Å². The summed E-state index contributed by atoms with van der Waals surface area (Å²) in [5.74, 6) is 2.35. The van der Waals surface area contributed by atoms with E-state index in [0.717, 1.165) is 46.8 Å². The summed E-state index contributed by atoms with van der Waals surface area (Å²) in [5, 5.41) is 3.08. The summed E-state index contributed by atoms with van der Waals surface area (Å²) >= 11 is 0. The van der Waals surface area contributed by atoms with Gasteiger partial charge in [-0.15, -0.1) is 0 Å². The molecule has 0 aromatic heterocycles. The Balaban J connectivity index is 1.50. The van der Waals surface area contributed by atoms with E-state index >= 15 is 0 Å². The first-order valence-corrected chi connectivity index (χ1v) is 9.80. The molecule has 0 fully saturated rings. The SMILES string of the molecule is CCOc1cc2c(cc1/C=C/C(=O)N[C@H]1CCOc3ccccc31)O[C@H](C)C2. The molecule has 5 heteroatoms. The van der Waals surface area contributed by atoms with Gasteiger partial charge in [-0.05, 0) is 38.1 Å². The van der Waals surface area contributed by atoms with Gasteiger partial charge in [-0.25, -0.2) is 0 Å². The normalized spacial score (nSPS) is 20.1. The Morgan fingerprint density at radius 1 is 1.29 bits per heavy atom. The molecule has 0 saturated heterocycles. The zero-order chi connectivity index (χ0) is 19.5. The van der Waals surface area contributed by atoms with Gasteiger partial charge in [0.2, 0.25) is 5.91 Å². The van der Waals surface area contributed by atoms with Crippen LogP contribution in [0.25, 0.3) is 6.08 Å². The number of nitrogens with one attached hydrogen (secondary N) is 1. The average Bonchev–Trinajstić information content (AvgIpc) is 3.05. The minimum Gasteiger partial charge on any atom is -0.493 e. The number of carbonyl (C=O) groups is 1. The molecule has 4 rings (SSSR count). The molecule has 2 aromatic carbocycles. The van der Waals surface area contributed by atoms with E-state index in [-0.39, 0.29) is 18.1 Å². The molecule has 0 saturated carbocycles. The lowest BCUT2D eigenvalue weighted by Crippen LogP contribution is -2.30. The average molecular weight is 379 g/mol. The second kappa shape index (κ2) is 7.97. The van der Waals surface area contributed by atoms with E-state index < -0.39 is 0 Å². The van der Waals surface area contributed by atoms with Gasteiger partial charge >= 0.3 is 0 Å². The van der Waals surface area contributed by atoms with E-state index in [9.17, 15) is 4.79 Å². The third kappa shape index (κ3) is 3.84. The largest absolute Gasteiger partial charge is 0.493 e. The fourth-order valence-corrected chi connectivity index (χ4v) is 3.74. The number of rotatable bonds is 5. The first kappa shape index (κ1) is 18.4. The van der Waals surface area contributed by atoms with Gasteiger partial charge in [0, 0.05) is 35.6 Å². The molecule has 0 unspecified atom stereocenters. The zero-order valence-electron chi connectivity index (χ0n) is 16.2. The molecule has 1 amide bonds. The van der Waals surface area contributed by atoms with Gasteiger partial charge in [0.25, 0.3) is 0 Å². The number of ether oxygens (including phenoxy) is 3. The molecule has 2 heterocycles. The summed E-state index contributed by atoms with van der Waals surface area (Å²) < 4.78 is 17.3. The summed E-state index contributed by atoms with van der Waals surface area (Å²) in [5.41, 5.74) is 3.01. The quantitative estimate of drug-likeness (QED) is 0.796. The van der Waals surface area contributed by atoms with E-state index in [1.165, 1.54) is 0 Å². The van der Waals surface area contributed by atoms with Crippen LogP contribution < -0.4 is 19.5 Å². The highest BCUT2D eigenvalue weighted by atomic mass is 16.5. The molecule has 2 aromatic rings. The first-order valence-electron chi connectivity index (χ1n) is 9.80. The lowest BCUT2D eigenvalue weighted by atomic mass is 10.0. The van der Waals surface area contributed by atoms with E-state index in [1.807, 2.05) is 43.3 Å². The van der Waals surface area contributed by atoms with Crippen LogP contribution in [0.2, 0.25) is 0 Å². The second-order valence-corrected chi connectivity index (χ2v) is 7.13. The molecule has 146 valence electrons. The fourth-order valence-electron chi connectivity index (χ4n) is 3.74. The highest BCUT2D eigenvalue weighted by molar-refractivity contribution is 5.92. The number of benzene rings is 2. The summed E-state index contributed by atoms with van der Waals surface area (Å²) in [7, 11) is 0. The molecule has 0 radical (unpaired) electrons. The maximum absolute atomic E-state index is 12.5. The maximum Gasteiger partial charge on any atom is 0.244 e. The summed E-state index contributed by atoms with van der Waals surface area (Å²) in [6.07, 6.45) is 5.15. The number of fused-ring (bicyclic) bond motifs is 2. The van der Waals surface area contributed by atoms with E-state index in [4.69, 9.17) is 14.2 Å². The molecule has 1 N–H and O–H groups in total. The molecule has 0 bridgehead atoms. The van der Waals surface area contributed by atoms with Crippen molar-refractivity contribution in [2.75, 3.05) is 13.2 Å². The summed E-state index contributed by atoms with van der Waals surface area (Å²) in [4.78, 5) is 12.5. The third-order valence-electron chi connectivity index (χ3n) is 5.02. The van der Waals surface area contributed by atoms with Gasteiger partial charge in [0.1, 0.15) is 23.4 Å². The van der Waals surface area contributed by atoms with Gasteiger partial charge in [0.05, 0.1) is 19.3 Å². The third-order valence-corrected chi connectivity index (χ3v) is 5.02. The van der Waals surface area contributed by atoms with Crippen molar-refractivity contribution >= 4 is 12.0 Å². The number of amides is 1. The maximum atomic E-state index is 12.5. The van der Waals surface area contributed by atoms with Gasteiger partial charge < -0.3 is 19.5 Å². The molecule has 0 aliphatic carbocycles. The van der Waals surface area contributed by atoms with Crippen LogP contribution >= 0.6 is 0 Å². The van der Waals surface area contributed by atoms with Crippen molar-refractivity contribution in [3.63, 3.8) is 0 Å². The van der Waals surface area contributed by atoms with E-state index in [2.05, 4.69) is 12.2 Å². The van der Waals surface area contributed by atoms with Crippen molar-refractivity contribution in [3.8, 4) is 17.2 Å². The molecule has 28 heavy (non-hydrogen) atoms. The van der Waals surface area contributed by atoms with Gasteiger partial charge in [-0.2, -0.15) is 0 Å². The molecule has 0 spiro atoms. The Hall–Kier alpha value is -2.95. The lowest BCUT2D eigenvalue weighted by molar-refractivity contribution is -0.117. The van der Waals surface area contributed by atoms with Crippen LogP contribution in [-0.2, 0) is 11.2 Å². The molecule has 5 nitrogen and oxygen atoms in total.